The van der Waals surface area contributed by atoms with Gasteiger partial charge in [-0.05, 0) is 43.9 Å². The fraction of sp³-hybridized carbons (Fsp3) is 0.500. The number of rotatable bonds is 4. The number of nitrogens with zero attached hydrogens (tertiary/aromatic N) is 1. The van der Waals surface area contributed by atoms with E-state index in [9.17, 15) is 4.79 Å². The van der Waals surface area contributed by atoms with Crippen LogP contribution in [-0.2, 0) is 16.0 Å². The Balaban J connectivity index is 1.88. The van der Waals surface area contributed by atoms with Crippen molar-refractivity contribution in [1.29, 1.82) is 0 Å². The number of nitrogens with one attached hydrogen (secondary N) is 2. The Morgan fingerprint density at radius 2 is 2.38 bits per heavy atom. The summed E-state index contributed by atoms with van der Waals surface area (Å²) in [5.41, 5.74) is 3.26. The van der Waals surface area contributed by atoms with E-state index in [1.165, 1.54) is 18.4 Å². The largest absolute Gasteiger partial charge is 0.466 e. The molecule has 0 bridgehead atoms. The number of ether oxygens (including phenoxy) is 1. The zero-order valence-corrected chi connectivity index (χ0v) is 12.3. The Bertz CT molecular complexity index is 629. The molecular formula is C16H21N3O2. The third-order valence-electron chi connectivity index (χ3n) is 3.95. The summed E-state index contributed by atoms with van der Waals surface area (Å²) < 4.78 is 4.98. The summed E-state index contributed by atoms with van der Waals surface area (Å²) in [6.45, 7) is 4.31. The molecule has 0 saturated carbocycles. The summed E-state index contributed by atoms with van der Waals surface area (Å²) in [6, 6.07) is 6.21. The fourth-order valence-electron chi connectivity index (χ4n) is 2.98. The van der Waals surface area contributed by atoms with Gasteiger partial charge in [-0.2, -0.15) is 0 Å². The summed E-state index contributed by atoms with van der Waals surface area (Å²) in [5, 5.41) is 3.44. The lowest BCUT2D eigenvalue weighted by molar-refractivity contribution is -0.142. The molecule has 1 aliphatic rings. The standard InChI is InChI=1S/C16H21N3O2/c1-2-21-15(20)9-14-18-13-7-3-6-12(16(13)19-14)11-5-4-8-17-10-11/h3,6-7,11,17H,2,4-5,8-10H2,1H3,(H,18,19). The Morgan fingerprint density at radius 3 is 3.14 bits per heavy atom. The van der Waals surface area contributed by atoms with Crippen molar-refractivity contribution in [3.8, 4) is 0 Å². The van der Waals surface area contributed by atoms with Crippen LogP contribution in [0.1, 0.15) is 37.1 Å². The first-order valence-corrected chi connectivity index (χ1v) is 7.61. The van der Waals surface area contributed by atoms with E-state index in [2.05, 4.69) is 27.4 Å². The predicted octanol–water partition coefficient (Wildman–Crippen LogP) is 2.14. The molecule has 1 aromatic carbocycles. The second kappa shape index (κ2) is 6.26. The molecule has 1 saturated heterocycles. The quantitative estimate of drug-likeness (QED) is 0.845. The maximum absolute atomic E-state index is 11.6. The van der Waals surface area contributed by atoms with E-state index in [1.807, 2.05) is 13.0 Å². The van der Waals surface area contributed by atoms with Gasteiger partial charge in [-0.25, -0.2) is 4.98 Å². The van der Waals surface area contributed by atoms with Gasteiger partial charge in [0.1, 0.15) is 12.2 Å². The van der Waals surface area contributed by atoms with Gasteiger partial charge in [-0.15, -0.1) is 0 Å². The minimum absolute atomic E-state index is 0.199. The number of aromatic nitrogens is 2. The molecule has 1 atom stereocenters. The maximum Gasteiger partial charge on any atom is 0.313 e. The Hall–Kier alpha value is -1.88. The van der Waals surface area contributed by atoms with E-state index in [0.29, 0.717) is 18.3 Å². The van der Waals surface area contributed by atoms with Crippen molar-refractivity contribution in [3.63, 3.8) is 0 Å². The molecule has 2 heterocycles. The minimum atomic E-state index is -0.238. The van der Waals surface area contributed by atoms with E-state index in [-0.39, 0.29) is 12.4 Å². The van der Waals surface area contributed by atoms with Crippen molar-refractivity contribution in [1.82, 2.24) is 15.3 Å². The van der Waals surface area contributed by atoms with Crippen LogP contribution in [0.25, 0.3) is 11.0 Å². The topological polar surface area (TPSA) is 67.0 Å². The lowest BCUT2D eigenvalue weighted by Gasteiger charge is -2.23. The van der Waals surface area contributed by atoms with Gasteiger partial charge in [-0.1, -0.05) is 12.1 Å². The van der Waals surface area contributed by atoms with Crippen LogP contribution < -0.4 is 5.32 Å². The van der Waals surface area contributed by atoms with Gasteiger partial charge in [0.05, 0.1) is 17.6 Å². The van der Waals surface area contributed by atoms with E-state index < -0.39 is 0 Å². The van der Waals surface area contributed by atoms with Crippen LogP contribution in [-0.4, -0.2) is 35.6 Å². The number of carbonyl (C=O) groups is 1. The predicted molar refractivity (Wildman–Crippen MR) is 81.3 cm³/mol. The summed E-state index contributed by atoms with van der Waals surface area (Å²) in [4.78, 5) is 19.4. The highest BCUT2D eigenvalue weighted by Crippen LogP contribution is 2.28. The lowest BCUT2D eigenvalue weighted by atomic mass is 9.91. The molecule has 1 fully saturated rings. The smallest absolute Gasteiger partial charge is 0.313 e. The number of fused-ring (bicyclic) bond motifs is 1. The molecule has 21 heavy (non-hydrogen) atoms. The monoisotopic (exact) mass is 287 g/mol. The molecule has 5 heteroatoms. The second-order valence-electron chi connectivity index (χ2n) is 5.45. The van der Waals surface area contributed by atoms with Crippen LogP contribution in [0.4, 0.5) is 0 Å². The average molecular weight is 287 g/mol. The zero-order valence-electron chi connectivity index (χ0n) is 12.3. The van der Waals surface area contributed by atoms with Crippen molar-refractivity contribution in [2.24, 2.45) is 0 Å². The Morgan fingerprint density at radius 1 is 1.48 bits per heavy atom. The van der Waals surface area contributed by atoms with Crippen molar-refractivity contribution in [2.45, 2.75) is 32.1 Å². The second-order valence-corrected chi connectivity index (χ2v) is 5.45. The number of para-hydroxylation sites is 1. The molecule has 1 aliphatic heterocycles. The summed E-state index contributed by atoms with van der Waals surface area (Å²) in [5.74, 6) is 0.943. The fourth-order valence-corrected chi connectivity index (χ4v) is 2.98. The highest BCUT2D eigenvalue weighted by molar-refractivity contribution is 5.81. The highest BCUT2D eigenvalue weighted by Gasteiger charge is 2.19. The number of esters is 1. The van der Waals surface area contributed by atoms with Crippen molar-refractivity contribution >= 4 is 17.0 Å². The minimum Gasteiger partial charge on any atom is -0.466 e. The van der Waals surface area contributed by atoms with Crippen LogP contribution in [0.5, 0.6) is 0 Å². The molecule has 0 radical (unpaired) electrons. The van der Waals surface area contributed by atoms with Crippen LogP contribution in [0.2, 0.25) is 0 Å². The number of hydrogen-bond donors (Lipinski definition) is 2. The number of hydrogen-bond acceptors (Lipinski definition) is 4. The van der Waals surface area contributed by atoms with E-state index in [1.54, 1.807) is 0 Å². The van der Waals surface area contributed by atoms with Gasteiger partial charge in [0.15, 0.2) is 0 Å². The molecule has 2 N–H and O–H groups in total. The normalized spacial score (nSPS) is 18.8. The molecule has 0 aliphatic carbocycles. The van der Waals surface area contributed by atoms with E-state index in [4.69, 9.17) is 4.74 Å². The van der Waals surface area contributed by atoms with E-state index in [0.717, 1.165) is 24.1 Å². The Kier molecular flexibility index (Phi) is 4.20. The van der Waals surface area contributed by atoms with Crippen molar-refractivity contribution in [3.05, 3.63) is 29.6 Å². The molecule has 5 nitrogen and oxygen atoms in total. The molecular weight excluding hydrogens is 266 g/mol. The summed E-state index contributed by atoms with van der Waals surface area (Å²) >= 11 is 0. The maximum atomic E-state index is 11.6. The van der Waals surface area contributed by atoms with Gasteiger partial charge in [-0.3, -0.25) is 4.79 Å². The molecule has 0 spiro atoms. The number of benzene rings is 1. The molecule has 1 aromatic heterocycles. The third kappa shape index (κ3) is 3.08. The van der Waals surface area contributed by atoms with Gasteiger partial charge >= 0.3 is 5.97 Å². The summed E-state index contributed by atoms with van der Waals surface area (Å²) in [6.07, 6.45) is 2.58. The lowest BCUT2D eigenvalue weighted by Crippen LogP contribution is -2.28. The van der Waals surface area contributed by atoms with Gasteiger partial charge in [0.2, 0.25) is 0 Å². The molecule has 2 aromatic rings. The number of aromatic amines is 1. The number of imidazole rings is 1. The summed E-state index contributed by atoms with van der Waals surface area (Å²) in [7, 11) is 0. The van der Waals surface area contributed by atoms with Gasteiger partial charge < -0.3 is 15.0 Å². The average Bonchev–Trinajstić information content (AvgIpc) is 2.90. The van der Waals surface area contributed by atoms with Crippen LogP contribution in [0.3, 0.4) is 0 Å². The zero-order chi connectivity index (χ0) is 14.7. The van der Waals surface area contributed by atoms with Gasteiger partial charge in [0.25, 0.3) is 0 Å². The van der Waals surface area contributed by atoms with Crippen LogP contribution >= 0.6 is 0 Å². The van der Waals surface area contributed by atoms with Crippen molar-refractivity contribution in [2.75, 3.05) is 19.7 Å². The number of carbonyl (C=O) groups excluding carboxylic acids is 1. The highest BCUT2D eigenvalue weighted by atomic mass is 16.5. The van der Waals surface area contributed by atoms with Crippen LogP contribution in [0, 0.1) is 0 Å². The van der Waals surface area contributed by atoms with E-state index >= 15 is 0 Å². The molecule has 0 amide bonds. The first-order valence-electron chi connectivity index (χ1n) is 7.61. The SMILES string of the molecule is CCOC(=O)Cc1nc2c(C3CCCNC3)cccc2[nH]1. The first kappa shape index (κ1) is 14.1. The Labute approximate surface area is 124 Å². The van der Waals surface area contributed by atoms with Crippen LogP contribution in [0.15, 0.2) is 18.2 Å². The number of H-pyrrole nitrogens is 1. The third-order valence-corrected chi connectivity index (χ3v) is 3.95. The molecule has 112 valence electrons. The van der Waals surface area contributed by atoms with Gasteiger partial charge in [0, 0.05) is 6.54 Å². The molecule has 1 unspecified atom stereocenters. The molecule has 3 rings (SSSR count). The number of piperidine rings is 1. The first-order chi connectivity index (χ1) is 10.3. The van der Waals surface area contributed by atoms with Crippen molar-refractivity contribution < 1.29 is 9.53 Å².